The Morgan fingerprint density at radius 2 is 0.984 bits per heavy atom. The van der Waals surface area contributed by atoms with Crippen molar-refractivity contribution in [2.75, 3.05) is 0 Å². The summed E-state index contributed by atoms with van der Waals surface area (Å²) in [6.07, 6.45) is 1.74. The van der Waals surface area contributed by atoms with Gasteiger partial charge < -0.3 is 8.98 Å². The Labute approximate surface area is 366 Å². The first-order valence-corrected chi connectivity index (χ1v) is 21.3. The average molecular weight is 819 g/mol. The molecule has 0 aliphatic rings. The van der Waals surface area contributed by atoms with Crippen molar-refractivity contribution >= 4 is 65.6 Å². The van der Waals surface area contributed by atoms with E-state index >= 15 is 0 Å². The van der Waals surface area contributed by atoms with Crippen LogP contribution < -0.4 is 0 Å². The van der Waals surface area contributed by atoms with Gasteiger partial charge in [-0.25, -0.2) is 24.9 Å². The van der Waals surface area contributed by atoms with Crippen LogP contribution in [-0.2, 0) is 0 Å². The fourth-order valence-electron chi connectivity index (χ4n) is 9.15. The first kappa shape index (κ1) is 35.9. The molecule has 0 N–H and O–H groups in total. The summed E-state index contributed by atoms with van der Waals surface area (Å²) >= 11 is 0. The highest BCUT2D eigenvalue weighted by Crippen LogP contribution is 2.38. The number of aromatic nitrogens is 6. The van der Waals surface area contributed by atoms with Gasteiger partial charge in [0.25, 0.3) is 0 Å². The van der Waals surface area contributed by atoms with Crippen molar-refractivity contribution in [3.05, 3.63) is 206 Å². The second kappa shape index (κ2) is 14.4. The maximum Gasteiger partial charge on any atom is 0.229 e. The zero-order chi connectivity index (χ0) is 42.1. The zero-order valence-corrected chi connectivity index (χ0v) is 34.2. The molecule has 0 saturated carbocycles. The lowest BCUT2D eigenvalue weighted by Gasteiger charge is -2.12. The summed E-state index contributed by atoms with van der Waals surface area (Å²) in [6, 6.07) is 69.6. The maximum absolute atomic E-state index is 6.42. The number of fused-ring (bicyclic) bond motifs is 8. The molecular weight excluding hydrogens is 785 g/mol. The number of para-hydroxylation sites is 2. The third-order valence-corrected chi connectivity index (χ3v) is 12.2. The Balaban J connectivity index is 0.931. The van der Waals surface area contributed by atoms with Crippen LogP contribution in [-0.4, -0.2) is 29.5 Å². The van der Waals surface area contributed by atoms with E-state index in [2.05, 4.69) is 179 Å². The van der Waals surface area contributed by atoms with E-state index in [0.717, 1.165) is 77.6 Å². The molecule has 0 aliphatic heterocycles. The molecule has 298 valence electrons. The number of benzene rings is 8. The van der Waals surface area contributed by atoms with Crippen molar-refractivity contribution in [3.8, 4) is 62.2 Å². The second-order valence-corrected chi connectivity index (χ2v) is 16.1. The number of furan rings is 1. The molecule has 0 amide bonds. The van der Waals surface area contributed by atoms with Crippen molar-refractivity contribution in [3.63, 3.8) is 0 Å². The highest BCUT2D eigenvalue weighted by atomic mass is 16.3. The van der Waals surface area contributed by atoms with Crippen LogP contribution in [0.2, 0.25) is 0 Å². The predicted molar refractivity (Wildman–Crippen MR) is 259 cm³/mol. The quantitative estimate of drug-likeness (QED) is 0.155. The van der Waals surface area contributed by atoms with Gasteiger partial charge in [-0.05, 0) is 82.2 Å². The third kappa shape index (κ3) is 5.94. The van der Waals surface area contributed by atoms with E-state index in [4.69, 9.17) is 24.4 Å². The van der Waals surface area contributed by atoms with E-state index in [1.165, 1.54) is 21.5 Å². The minimum atomic E-state index is 0.524. The maximum atomic E-state index is 6.42. The predicted octanol–water partition coefficient (Wildman–Crippen LogP) is 14.3. The second-order valence-electron chi connectivity index (χ2n) is 16.1. The fourth-order valence-corrected chi connectivity index (χ4v) is 9.15. The van der Waals surface area contributed by atoms with Crippen molar-refractivity contribution in [1.29, 1.82) is 0 Å². The molecule has 0 saturated heterocycles. The van der Waals surface area contributed by atoms with Crippen molar-refractivity contribution in [1.82, 2.24) is 29.5 Å². The van der Waals surface area contributed by atoms with Crippen molar-refractivity contribution in [2.45, 2.75) is 0 Å². The van der Waals surface area contributed by atoms with E-state index in [1.54, 1.807) is 6.20 Å². The molecule has 64 heavy (non-hydrogen) atoms. The van der Waals surface area contributed by atoms with E-state index in [0.29, 0.717) is 28.6 Å². The van der Waals surface area contributed by atoms with Crippen LogP contribution in [0.4, 0.5) is 0 Å². The molecule has 5 heterocycles. The molecule has 5 aromatic heterocycles. The molecule has 13 aromatic rings. The molecule has 0 fully saturated rings. The molecule has 7 heteroatoms. The minimum absolute atomic E-state index is 0.524. The molecular formula is C57H34N6O. The largest absolute Gasteiger partial charge is 0.434 e. The Morgan fingerprint density at radius 1 is 0.375 bits per heavy atom. The molecule has 0 radical (unpaired) electrons. The van der Waals surface area contributed by atoms with E-state index in [1.807, 2.05) is 30.3 Å². The average Bonchev–Trinajstić information content (AvgIpc) is 3.91. The first-order chi connectivity index (χ1) is 31.7. The van der Waals surface area contributed by atoms with Gasteiger partial charge in [-0.1, -0.05) is 140 Å². The molecule has 0 bridgehead atoms. The van der Waals surface area contributed by atoms with Gasteiger partial charge in [0.15, 0.2) is 17.2 Å². The summed E-state index contributed by atoms with van der Waals surface area (Å²) in [6.45, 7) is 0. The summed E-state index contributed by atoms with van der Waals surface area (Å²) < 4.78 is 8.75. The summed E-state index contributed by atoms with van der Waals surface area (Å²) in [5, 5.41) is 7.98. The van der Waals surface area contributed by atoms with Crippen LogP contribution in [0.15, 0.2) is 211 Å². The van der Waals surface area contributed by atoms with Gasteiger partial charge in [0.2, 0.25) is 5.71 Å². The number of nitrogens with zero attached hydrogens (tertiary/aromatic N) is 6. The zero-order valence-electron chi connectivity index (χ0n) is 34.2. The Kier molecular flexibility index (Phi) is 8.08. The van der Waals surface area contributed by atoms with E-state index < -0.39 is 0 Å². The lowest BCUT2D eigenvalue weighted by atomic mass is 10.0. The van der Waals surface area contributed by atoms with Crippen LogP contribution in [0, 0.1) is 0 Å². The van der Waals surface area contributed by atoms with Crippen LogP contribution in [0.5, 0.6) is 0 Å². The normalized spacial score (nSPS) is 11.8. The molecule has 7 nitrogen and oxygen atoms in total. The lowest BCUT2D eigenvalue weighted by molar-refractivity contribution is 0.652. The van der Waals surface area contributed by atoms with Gasteiger partial charge in [0.05, 0.1) is 27.8 Å². The topological polar surface area (TPSA) is 82.5 Å². The van der Waals surface area contributed by atoms with Gasteiger partial charge >= 0.3 is 0 Å². The molecule has 0 aliphatic carbocycles. The number of hydrogen-bond donors (Lipinski definition) is 0. The monoisotopic (exact) mass is 818 g/mol. The molecule has 13 rings (SSSR count). The Hall–Kier alpha value is -8.81. The molecule has 8 aromatic carbocycles. The standard InChI is InChI=1S/C57H34N6O/c1-2-12-37(13-3-1)55-59-48(34-49(60-55)41-16-10-17-44(33-41)63-50-21-8-6-18-45(50)46-19-7-9-22-51(46)63)35-23-25-36(26-24-35)52-54-53(47-20-11-29-58-57(47)64-54)62-56(61-52)42-28-27-40-30-38-14-4-5-15-39(38)31-43(40)32-42/h1-34H. The third-order valence-electron chi connectivity index (χ3n) is 12.2. The summed E-state index contributed by atoms with van der Waals surface area (Å²) in [5.74, 6) is 1.27. The first-order valence-electron chi connectivity index (χ1n) is 21.3. The number of pyridine rings is 1. The Bertz CT molecular complexity index is 3910. The summed E-state index contributed by atoms with van der Waals surface area (Å²) in [4.78, 5) is 25.2. The van der Waals surface area contributed by atoms with Crippen LogP contribution in [0.25, 0.3) is 128 Å². The van der Waals surface area contributed by atoms with Crippen molar-refractivity contribution < 1.29 is 4.42 Å². The van der Waals surface area contributed by atoms with Gasteiger partial charge in [0.1, 0.15) is 11.2 Å². The SMILES string of the molecule is c1ccc(-c2nc(-c3ccc(-c4nc(-c5ccc6cc7ccccc7cc6c5)nc5c4oc4ncccc45)cc3)cc(-c3cccc(-n4c5ccccc5c5ccccc54)c3)n2)cc1. The fraction of sp³-hybridized carbons (Fsp3) is 0. The number of hydrogen-bond acceptors (Lipinski definition) is 6. The summed E-state index contributed by atoms with van der Waals surface area (Å²) in [5.41, 5.74) is 12.2. The van der Waals surface area contributed by atoms with E-state index in [9.17, 15) is 0 Å². The minimum Gasteiger partial charge on any atom is -0.434 e. The van der Waals surface area contributed by atoms with Gasteiger partial charge in [-0.2, -0.15) is 0 Å². The Morgan fingerprint density at radius 3 is 1.77 bits per heavy atom. The summed E-state index contributed by atoms with van der Waals surface area (Å²) in [7, 11) is 0. The lowest BCUT2D eigenvalue weighted by Crippen LogP contribution is -1.98. The van der Waals surface area contributed by atoms with Gasteiger partial charge in [-0.15, -0.1) is 0 Å². The smallest absolute Gasteiger partial charge is 0.229 e. The van der Waals surface area contributed by atoms with Crippen LogP contribution in [0.3, 0.4) is 0 Å². The molecule has 0 unspecified atom stereocenters. The van der Waals surface area contributed by atoms with Crippen LogP contribution >= 0.6 is 0 Å². The van der Waals surface area contributed by atoms with Crippen molar-refractivity contribution in [2.24, 2.45) is 0 Å². The van der Waals surface area contributed by atoms with Gasteiger partial charge in [-0.3, -0.25) is 0 Å². The van der Waals surface area contributed by atoms with Gasteiger partial charge in [0, 0.05) is 50.5 Å². The highest BCUT2D eigenvalue weighted by Gasteiger charge is 2.20. The number of rotatable bonds is 6. The van der Waals surface area contributed by atoms with Crippen LogP contribution in [0.1, 0.15) is 0 Å². The van der Waals surface area contributed by atoms with E-state index in [-0.39, 0.29) is 0 Å². The molecule has 0 atom stereocenters. The highest BCUT2D eigenvalue weighted by molar-refractivity contribution is 6.09. The molecule has 0 spiro atoms.